The highest BCUT2D eigenvalue weighted by molar-refractivity contribution is 5.95. The molecular formula is C27H30N6O. The average molecular weight is 455 g/mol. The van der Waals surface area contributed by atoms with Gasteiger partial charge in [0.1, 0.15) is 0 Å². The van der Waals surface area contributed by atoms with Crippen LogP contribution in [0.5, 0.6) is 0 Å². The Labute approximate surface area is 199 Å². The van der Waals surface area contributed by atoms with E-state index >= 15 is 0 Å². The maximum absolute atomic E-state index is 12.7. The van der Waals surface area contributed by atoms with E-state index in [0.717, 1.165) is 55.1 Å². The number of likely N-dealkylation sites (tertiary alicyclic amines) is 1. The number of pyridine rings is 1. The largest absolute Gasteiger partial charge is 0.352 e. The van der Waals surface area contributed by atoms with Gasteiger partial charge < -0.3 is 15.5 Å². The van der Waals surface area contributed by atoms with Crippen molar-refractivity contribution in [1.29, 1.82) is 0 Å². The number of benzene rings is 2. The molecule has 1 amide bonds. The van der Waals surface area contributed by atoms with Gasteiger partial charge >= 0.3 is 0 Å². The van der Waals surface area contributed by atoms with Crippen LogP contribution in [0.25, 0.3) is 16.9 Å². The fourth-order valence-electron chi connectivity index (χ4n) is 4.37. The van der Waals surface area contributed by atoms with Gasteiger partial charge in [0.2, 0.25) is 5.95 Å². The maximum Gasteiger partial charge on any atom is 0.251 e. The molecule has 2 aromatic carbocycles. The molecule has 0 radical (unpaired) electrons. The Kier molecular flexibility index (Phi) is 6.27. The van der Waals surface area contributed by atoms with Crippen molar-refractivity contribution in [3.63, 3.8) is 0 Å². The highest BCUT2D eigenvalue weighted by atomic mass is 16.1. The summed E-state index contributed by atoms with van der Waals surface area (Å²) in [5, 5.41) is 11.0. The van der Waals surface area contributed by atoms with Gasteiger partial charge in [0.25, 0.3) is 5.91 Å². The fraction of sp³-hybridized carbons (Fsp3) is 0.296. The summed E-state index contributed by atoms with van der Waals surface area (Å²) in [5.41, 5.74) is 5.43. The first-order valence-corrected chi connectivity index (χ1v) is 11.8. The number of hydrogen-bond donors (Lipinski definition) is 2. The van der Waals surface area contributed by atoms with Crippen LogP contribution in [0.3, 0.4) is 0 Å². The summed E-state index contributed by atoms with van der Waals surface area (Å²) in [5.74, 6) is 0.988. The molecule has 4 aromatic rings. The number of nitrogens with one attached hydrogen (secondary N) is 2. The SMILES string of the molecule is Cc1ccc(-c2cccc3nc(Nc4cccc(C(=O)NCC5CCN(C)CC5)c4)nn23)cc1. The molecule has 0 spiro atoms. The second-order valence-electron chi connectivity index (χ2n) is 9.14. The molecule has 34 heavy (non-hydrogen) atoms. The molecule has 0 atom stereocenters. The number of amides is 1. The Morgan fingerprint density at radius 3 is 2.59 bits per heavy atom. The van der Waals surface area contributed by atoms with E-state index in [1.165, 1.54) is 5.56 Å². The molecule has 0 bridgehead atoms. The Morgan fingerprint density at radius 2 is 1.79 bits per heavy atom. The highest BCUT2D eigenvalue weighted by Crippen LogP contribution is 2.23. The van der Waals surface area contributed by atoms with E-state index in [4.69, 9.17) is 0 Å². The number of aromatic nitrogens is 3. The summed E-state index contributed by atoms with van der Waals surface area (Å²) in [6.45, 7) is 4.99. The molecule has 1 fully saturated rings. The number of hydrogen-bond acceptors (Lipinski definition) is 5. The van der Waals surface area contributed by atoms with Crippen LogP contribution in [0.15, 0.2) is 66.7 Å². The van der Waals surface area contributed by atoms with Crippen molar-refractivity contribution in [3.05, 3.63) is 77.9 Å². The van der Waals surface area contributed by atoms with E-state index in [0.29, 0.717) is 17.4 Å². The Morgan fingerprint density at radius 1 is 1.03 bits per heavy atom. The Balaban J connectivity index is 1.29. The molecule has 0 unspecified atom stereocenters. The lowest BCUT2D eigenvalue weighted by Gasteiger charge is -2.28. The number of rotatable bonds is 6. The van der Waals surface area contributed by atoms with E-state index in [1.807, 2.05) is 47.0 Å². The fourth-order valence-corrected chi connectivity index (χ4v) is 4.37. The minimum absolute atomic E-state index is 0.0489. The molecule has 2 aromatic heterocycles. The van der Waals surface area contributed by atoms with Crippen molar-refractivity contribution >= 4 is 23.2 Å². The summed E-state index contributed by atoms with van der Waals surface area (Å²) in [7, 11) is 2.15. The van der Waals surface area contributed by atoms with Crippen molar-refractivity contribution in [2.24, 2.45) is 5.92 Å². The minimum Gasteiger partial charge on any atom is -0.352 e. The normalized spacial score (nSPS) is 14.9. The number of piperidine rings is 1. The highest BCUT2D eigenvalue weighted by Gasteiger charge is 2.18. The molecule has 1 aliphatic heterocycles. The average Bonchev–Trinajstić information content (AvgIpc) is 3.27. The van der Waals surface area contributed by atoms with E-state index < -0.39 is 0 Å². The van der Waals surface area contributed by atoms with Crippen molar-refractivity contribution in [2.45, 2.75) is 19.8 Å². The summed E-state index contributed by atoms with van der Waals surface area (Å²) < 4.78 is 1.84. The zero-order valence-electron chi connectivity index (χ0n) is 19.7. The predicted molar refractivity (Wildman–Crippen MR) is 135 cm³/mol. The zero-order chi connectivity index (χ0) is 23.5. The van der Waals surface area contributed by atoms with Crippen molar-refractivity contribution in [2.75, 3.05) is 32.0 Å². The van der Waals surface area contributed by atoms with Crippen molar-refractivity contribution in [3.8, 4) is 11.3 Å². The maximum atomic E-state index is 12.7. The molecule has 174 valence electrons. The lowest BCUT2D eigenvalue weighted by atomic mass is 9.97. The van der Waals surface area contributed by atoms with Crippen molar-refractivity contribution < 1.29 is 4.79 Å². The summed E-state index contributed by atoms with van der Waals surface area (Å²) in [4.78, 5) is 19.7. The summed E-state index contributed by atoms with van der Waals surface area (Å²) >= 11 is 0. The molecule has 3 heterocycles. The van der Waals surface area contributed by atoms with E-state index in [1.54, 1.807) is 0 Å². The smallest absolute Gasteiger partial charge is 0.251 e. The van der Waals surface area contributed by atoms with Crippen LogP contribution in [0.4, 0.5) is 11.6 Å². The van der Waals surface area contributed by atoms with Crippen LogP contribution in [-0.4, -0.2) is 52.1 Å². The molecule has 1 saturated heterocycles. The van der Waals surface area contributed by atoms with Crippen LogP contribution in [-0.2, 0) is 0 Å². The van der Waals surface area contributed by atoms with Gasteiger partial charge in [-0.15, -0.1) is 5.10 Å². The number of carbonyl (C=O) groups excluding carboxylic acids is 1. The van der Waals surface area contributed by atoms with Gasteiger partial charge in [-0.05, 0) is 76.2 Å². The quantitative estimate of drug-likeness (QED) is 0.448. The number of aryl methyl sites for hydroxylation is 1. The van der Waals surface area contributed by atoms with Crippen LogP contribution in [0, 0.1) is 12.8 Å². The molecule has 1 aliphatic rings. The monoisotopic (exact) mass is 454 g/mol. The van der Waals surface area contributed by atoms with Crippen LogP contribution < -0.4 is 10.6 Å². The molecular weight excluding hydrogens is 424 g/mol. The van der Waals surface area contributed by atoms with Gasteiger partial charge in [0, 0.05) is 23.4 Å². The number of nitrogens with zero attached hydrogens (tertiary/aromatic N) is 4. The third-order valence-electron chi connectivity index (χ3n) is 6.48. The Bertz CT molecular complexity index is 1290. The van der Waals surface area contributed by atoms with E-state index in [2.05, 4.69) is 63.9 Å². The summed E-state index contributed by atoms with van der Waals surface area (Å²) in [6, 6.07) is 21.8. The van der Waals surface area contributed by atoms with Gasteiger partial charge in [-0.1, -0.05) is 42.0 Å². The van der Waals surface area contributed by atoms with Crippen LogP contribution in [0.2, 0.25) is 0 Å². The first-order valence-electron chi connectivity index (χ1n) is 11.8. The molecule has 2 N–H and O–H groups in total. The second-order valence-corrected chi connectivity index (χ2v) is 9.14. The van der Waals surface area contributed by atoms with Crippen molar-refractivity contribution in [1.82, 2.24) is 24.8 Å². The molecule has 0 aliphatic carbocycles. The molecule has 5 rings (SSSR count). The first kappa shape index (κ1) is 22.1. The number of fused-ring (bicyclic) bond motifs is 1. The van der Waals surface area contributed by atoms with Crippen LogP contribution in [0.1, 0.15) is 28.8 Å². The molecule has 7 nitrogen and oxygen atoms in total. The lowest BCUT2D eigenvalue weighted by Crippen LogP contribution is -2.36. The van der Waals surface area contributed by atoms with Gasteiger partial charge in [-0.3, -0.25) is 4.79 Å². The third-order valence-corrected chi connectivity index (χ3v) is 6.48. The van der Waals surface area contributed by atoms with E-state index in [-0.39, 0.29) is 5.91 Å². The number of carbonyl (C=O) groups is 1. The standard InChI is InChI=1S/C27H30N6O/c1-19-9-11-21(12-10-19)24-7-4-8-25-30-27(31-33(24)25)29-23-6-3-5-22(17-23)26(34)28-18-20-13-15-32(2)16-14-20/h3-12,17,20H,13-16,18H2,1-2H3,(H,28,34)(H,29,31). The lowest BCUT2D eigenvalue weighted by molar-refractivity contribution is 0.0939. The van der Waals surface area contributed by atoms with Gasteiger partial charge in [0.05, 0.1) is 5.69 Å². The van der Waals surface area contributed by atoms with E-state index in [9.17, 15) is 4.79 Å². The van der Waals surface area contributed by atoms with Gasteiger partial charge in [-0.25, -0.2) is 4.52 Å². The third kappa shape index (κ3) is 4.94. The molecule has 7 heteroatoms. The number of anilines is 2. The predicted octanol–water partition coefficient (Wildman–Crippen LogP) is 4.52. The minimum atomic E-state index is -0.0489. The second kappa shape index (κ2) is 9.65. The van der Waals surface area contributed by atoms with Crippen LogP contribution >= 0.6 is 0 Å². The summed E-state index contributed by atoms with van der Waals surface area (Å²) in [6.07, 6.45) is 2.25. The first-order chi connectivity index (χ1) is 16.5. The van der Waals surface area contributed by atoms with Gasteiger partial charge in [-0.2, -0.15) is 4.98 Å². The zero-order valence-corrected chi connectivity index (χ0v) is 19.7. The molecule has 0 saturated carbocycles. The Hall–Kier alpha value is -3.71. The van der Waals surface area contributed by atoms with Gasteiger partial charge in [0.15, 0.2) is 5.65 Å². The topological polar surface area (TPSA) is 74.6 Å².